The van der Waals surface area contributed by atoms with Crippen molar-refractivity contribution in [3.8, 4) is 0 Å². The number of halogens is 1. The van der Waals surface area contributed by atoms with Crippen LogP contribution in [0.15, 0.2) is 48.1 Å². The van der Waals surface area contributed by atoms with Gasteiger partial charge in [0, 0.05) is 44.5 Å². The minimum atomic E-state index is -0.936. The lowest BCUT2D eigenvalue weighted by Gasteiger charge is -2.43. The Morgan fingerprint density at radius 3 is 2.26 bits per heavy atom. The van der Waals surface area contributed by atoms with Gasteiger partial charge in [-0.25, -0.2) is 4.39 Å². The van der Waals surface area contributed by atoms with E-state index in [-0.39, 0.29) is 16.8 Å². The second-order valence-electron chi connectivity index (χ2n) is 12.1. The van der Waals surface area contributed by atoms with Crippen LogP contribution in [-0.2, 0) is 9.59 Å². The summed E-state index contributed by atoms with van der Waals surface area (Å²) in [6, 6.07) is 1.74. The maximum Gasteiger partial charge on any atom is 0.264 e. The molecular formula is C30H40FN8O4+. The second kappa shape index (κ2) is 11.8. The fraction of sp³-hybridized carbons (Fsp3) is 0.467. The van der Waals surface area contributed by atoms with Crippen LogP contribution in [0.1, 0.15) is 46.4 Å². The zero-order valence-corrected chi connectivity index (χ0v) is 24.5. The zero-order chi connectivity index (χ0) is 31.1. The van der Waals surface area contributed by atoms with Crippen LogP contribution in [0.2, 0.25) is 0 Å². The van der Waals surface area contributed by atoms with Gasteiger partial charge in [-0.3, -0.25) is 33.5 Å². The first-order valence-electron chi connectivity index (χ1n) is 14.6. The van der Waals surface area contributed by atoms with Crippen molar-refractivity contribution in [3.05, 3.63) is 65.0 Å². The van der Waals surface area contributed by atoms with Crippen LogP contribution in [0.4, 0.5) is 10.1 Å². The largest absolute Gasteiger partial charge is 0.394 e. The third kappa shape index (κ3) is 6.00. The van der Waals surface area contributed by atoms with Gasteiger partial charge < -0.3 is 27.4 Å². The lowest BCUT2D eigenvalue weighted by atomic mass is 9.95. The Hall–Kier alpha value is -4.23. The Labute approximate surface area is 250 Å². The molecule has 1 aromatic rings. The molecule has 43 heavy (non-hydrogen) atoms. The number of rotatable bonds is 7. The summed E-state index contributed by atoms with van der Waals surface area (Å²) in [5.74, 6) is -1.83. The Morgan fingerprint density at radius 1 is 1.02 bits per heavy atom. The molecule has 0 aromatic heterocycles. The van der Waals surface area contributed by atoms with Gasteiger partial charge in [-0.2, -0.15) is 0 Å². The van der Waals surface area contributed by atoms with Crippen molar-refractivity contribution in [3.63, 3.8) is 0 Å². The lowest BCUT2D eigenvalue weighted by molar-refractivity contribution is -0.125. The molecular weight excluding hydrogens is 555 g/mol. The van der Waals surface area contributed by atoms with E-state index in [0.29, 0.717) is 53.5 Å². The van der Waals surface area contributed by atoms with E-state index in [2.05, 4.69) is 21.7 Å². The van der Waals surface area contributed by atoms with Crippen LogP contribution in [-0.4, -0.2) is 97.2 Å². The fourth-order valence-electron chi connectivity index (χ4n) is 6.45. The molecule has 0 bridgehead atoms. The topological polar surface area (TPSA) is 168 Å². The molecule has 4 heterocycles. The summed E-state index contributed by atoms with van der Waals surface area (Å²) in [5.41, 5.74) is 17.9. The maximum atomic E-state index is 15.5. The smallest absolute Gasteiger partial charge is 0.264 e. The van der Waals surface area contributed by atoms with Gasteiger partial charge in [0.15, 0.2) is 11.5 Å². The second-order valence-corrected chi connectivity index (χ2v) is 12.1. The lowest BCUT2D eigenvalue weighted by Crippen LogP contribution is -2.59. The summed E-state index contributed by atoms with van der Waals surface area (Å²) in [6.07, 6.45) is 5.71. The first kappa shape index (κ1) is 30.2. The normalized spacial score (nSPS) is 23.9. The number of nitrogens with zero attached hydrogens (tertiary/aromatic N) is 4. The predicted octanol–water partition coefficient (Wildman–Crippen LogP) is 0.307. The standard InChI is InChI=1S/C30H39FN8O4/c1-18-3-5-24(28(41)35-18)38-29(42)20-15-22(31)25(16-21(20)30(38)43)39(2)13-11-36(12-14-39)17-19-7-9-37(10-8-19)26(33)6-4-23(32)27(34)40/h4,6,15-16,19,24H,1,3,5,7-14,17H2,2H3,(H6-,32,33,34,35,40,41,42,43)/p+1. The van der Waals surface area contributed by atoms with Crippen LogP contribution in [0.3, 0.4) is 0 Å². The summed E-state index contributed by atoms with van der Waals surface area (Å²) in [6.45, 7) is 9.08. The monoisotopic (exact) mass is 595 g/mol. The maximum absolute atomic E-state index is 15.5. The number of piperazine rings is 1. The van der Waals surface area contributed by atoms with E-state index in [9.17, 15) is 19.2 Å². The highest BCUT2D eigenvalue weighted by molar-refractivity contribution is 6.23. The van der Waals surface area contributed by atoms with Gasteiger partial charge in [0.2, 0.25) is 5.91 Å². The van der Waals surface area contributed by atoms with E-state index in [0.717, 1.165) is 56.5 Å². The van der Waals surface area contributed by atoms with Crippen LogP contribution in [0, 0.1) is 11.7 Å². The quantitative estimate of drug-likeness (QED) is 0.151. The first-order valence-corrected chi connectivity index (χ1v) is 14.6. The number of piperidine rings is 2. The van der Waals surface area contributed by atoms with Gasteiger partial charge in [-0.1, -0.05) is 6.58 Å². The zero-order valence-electron chi connectivity index (χ0n) is 24.5. The number of likely N-dealkylation sites (tertiary alicyclic amines) is 1. The molecule has 3 fully saturated rings. The molecule has 4 aliphatic rings. The van der Waals surface area contributed by atoms with Crippen molar-refractivity contribution < 1.29 is 23.6 Å². The van der Waals surface area contributed by atoms with E-state index in [1.807, 2.05) is 7.05 Å². The molecule has 230 valence electrons. The number of quaternary nitrogens is 1. The number of carbonyl (C=O) groups excluding carboxylic acids is 4. The van der Waals surface area contributed by atoms with E-state index < -0.39 is 35.5 Å². The minimum absolute atomic E-state index is 0.00266. The molecule has 0 aliphatic carbocycles. The number of allylic oxidation sites excluding steroid dienone is 3. The number of hydrogen-bond acceptors (Lipinski definition) is 8. The Balaban J connectivity index is 1.19. The molecule has 0 saturated carbocycles. The number of nitrogens with two attached hydrogens (primary N) is 3. The first-order chi connectivity index (χ1) is 20.4. The molecule has 1 atom stereocenters. The summed E-state index contributed by atoms with van der Waals surface area (Å²) in [5, 5.41) is 2.61. The van der Waals surface area contributed by atoms with Gasteiger partial charge in [-0.15, -0.1) is 0 Å². The number of imide groups is 1. The fourth-order valence-corrected chi connectivity index (χ4v) is 6.45. The third-order valence-electron chi connectivity index (χ3n) is 9.23. The molecule has 1 unspecified atom stereocenters. The number of nitrogens with one attached hydrogen (secondary N) is 1. The number of hydrogen-bond donors (Lipinski definition) is 4. The molecule has 3 saturated heterocycles. The predicted molar refractivity (Wildman–Crippen MR) is 159 cm³/mol. The Morgan fingerprint density at radius 2 is 1.65 bits per heavy atom. The number of primary amides is 1. The molecule has 7 N–H and O–H groups in total. The van der Waals surface area contributed by atoms with Crippen LogP contribution in [0.5, 0.6) is 0 Å². The summed E-state index contributed by atoms with van der Waals surface area (Å²) < 4.78 is 15.8. The van der Waals surface area contributed by atoms with Gasteiger partial charge in [0.05, 0.1) is 42.8 Å². The SMILES string of the molecule is C=C1CCC(N2C(=O)c3cc(F)c([N+]4(C)CCN(CC5CCN(/C(N)=C/C=C(\N)C(N)=O)CC5)CC4)cc3C2=O)C(=O)N1. The van der Waals surface area contributed by atoms with Gasteiger partial charge in [-0.05, 0) is 49.8 Å². The van der Waals surface area contributed by atoms with Gasteiger partial charge >= 0.3 is 0 Å². The number of benzene rings is 1. The molecule has 1 aromatic carbocycles. The van der Waals surface area contributed by atoms with Crippen LogP contribution in [0.25, 0.3) is 0 Å². The average molecular weight is 596 g/mol. The molecule has 0 radical (unpaired) electrons. The van der Waals surface area contributed by atoms with Crippen molar-refractivity contribution in [1.82, 2.24) is 24.5 Å². The molecule has 12 nitrogen and oxygen atoms in total. The highest BCUT2D eigenvalue weighted by Gasteiger charge is 2.46. The minimum Gasteiger partial charge on any atom is -0.394 e. The van der Waals surface area contributed by atoms with Crippen molar-refractivity contribution in [2.45, 2.75) is 31.7 Å². The van der Waals surface area contributed by atoms with Crippen molar-refractivity contribution in [1.29, 1.82) is 0 Å². The molecule has 4 aliphatic heterocycles. The highest BCUT2D eigenvalue weighted by Crippen LogP contribution is 2.35. The number of fused-ring (bicyclic) bond motifs is 1. The van der Waals surface area contributed by atoms with Gasteiger partial charge in [0.25, 0.3) is 17.7 Å². The van der Waals surface area contributed by atoms with Gasteiger partial charge in [0.1, 0.15) is 6.04 Å². The molecule has 4 amide bonds. The van der Waals surface area contributed by atoms with Crippen molar-refractivity contribution in [2.24, 2.45) is 23.1 Å². The Bertz CT molecular complexity index is 1420. The van der Waals surface area contributed by atoms with E-state index in [1.54, 1.807) is 6.08 Å². The number of carbonyl (C=O) groups is 4. The summed E-state index contributed by atoms with van der Waals surface area (Å²) in [7, 11) is 1.95. The number of likely N-dealkylation sites (N-methyl/N-ethyl adjacent to an activating group) is 1. The van der Waals surface area contributed by atoms with E-state index >= 15 is 4.39 Å². The number of amides is 4. The molecule has 13 heteroatoms. The Kier molecular flexibility index (Phi) is 8.30. The highest BCUT2D eigenvalue weighted by atomic mass is 19.1. The van der Waals surface area contributed by atoms with Crippen molar-refractivity contribution in [2.75, 3.05) is 52.9 Å². The average Bonchev–Trinajstić information content (AvgIpc) is 3.21. The van der Waals surface area contributed by atoms with Crippen LogP contribution < -0.4 is 27.0 Å². The molecule has 0 spiro atoms. The molecule has 5 rings (SSSR count). The third-order valence-corrected chi connectivity index (χ3v) is 9.23. The van der Waals surface area contributed by atoms with E-state index in [4.69, 9.17) is 17.2 Å². The van der Waals surface area contributed by atoms with Crippen LogP contribution >= 0.6 is 0 Å². The summed E-state index contributed by atoms with van der Waals surface area (Å²) >= 11 is 0. The van der Waals surface area contributed by atoms with Crippen molar-refractivity contribution >= 4 is 29.3 Å². The summed E-state index contributed by atoms with van der Waals surface area (Å²) in [4.78, 5) is 55.5. The van der Waals surface area contributed by atoms with E-state index in [1.165, 1.54) is 12.1 Å².